The minimum Gasteiger partial charge on any atom is -0.354 e. The van der Waals surface area contributed by atoms with Gasteiger partial charge in [-0.3, -0.25) is 0 Å². The van der Waals surface area contributed by atoms with Gasteiger partial charge in [0.15, 0.2) is 0 Å². The first kappa shape index (κ1) is 22.6. The maximum Gasteiger partial charge on any atom is 0.0590 e. The standard InChI is InChI=1S/C37H27NS/c1-37(2)30-17-7-5-14-29(30)34-26(15-9-18-31(34)37)25-13-6-8-19-32(25)38-33-20-10-16-27-28-22-21-23-11-3-4-12-24(23)35(28)39-36(27)33/h3-22,38H,1-2H3. The number of benzene rings is 6. The zero-order chi connectivity index (χ0) is 26.1. The minimum atomic E-state index is -0.0181. The Kier molecular flexibility index (Phi) is 4.80. The van der Waals surface area contributed by atoms with Gasteiger partial charge >= 0.3 is 0 Å². The second-order valence-corrected chi connectivity index (χ2v) is 12.0. The second kappa shape index (κ2) is 8.30. The second-order valence-electron chi connectivity index (χ2n) is 11.0. The number of nitrogens with one attached hydrogen (secondary N) is 1. The van der Waals surface area contributed by atoms with E-state index in [9.17, 15) is 0 Å². The van der Waals surface area contributed by atoms with Crippen molar-refractivity contribution in [3.63, 3.8) is 0 Å². The highest BCUT2D eigenvalue weighted by Crippen LogP contribution is 2.53. The lowest BCUT2D eigenvalue weighted by Crippen LogP contribution is -2.14. The molecule has 39 heavy (non-hydrogen) atoms. The fourth-order valence-corrected chi connectivity index (χ4v) is 7.88. The third kappa shape index (κ3) is 3.25. The summed E-state index contributed by atoms with van der Waals surface area (Å²) < 4.78 is 2.65. The van der Waals surface area contributed by atoms with Crippen molar-refractivity contribution in [3.05, 3.63) is 132 Å². The molecular weight excluding hydrogens is 490 g/mol. The van der Waals surface area contributed by atoms with Crippen molar-refractivity contribution in [1.29, 1.82) is 0 Å². The lowest BCUT2D eigenvalue weighted by atomic mass is 9.82. The Balaban J connectivity index is 1.31. The summed E-state index contributed by atoms with van der Waals surface area (Å²) in [4.78, 5) is 0. The Bertz CT molecular complexity index is 2080. The molecule has 8 rings (SSSR count). The minimum absolute atomic E-state index is 0.0181. The third-order valence-electron chi connectivity index (χ3n) is 8.48. The van der Waals surface area contributed by atoms with Crippen LogP contribution < -0.4 is 5.32 Å². The summed E-state index contributed by atoms with van der Waals surface area (Å²) in [5.41, 5.74) is 10.3. The number of thiophene rings is 1. The Labute approximate surface area is 232 Å². The molecule has 0 saturated carbocycles. The molecule has 0 fully saturated rings. The molecule has 1 heterocycles. The number of rotatable bonds is 3. The van der Waals surface area contributed by atoms with Gasteiger partial charge in [-0.2, -0.15) is 0 Å². The Hall–Kier alpha value is -4.40. The Morgan fingerprint density at radius 2 is 1.13 bits per heavy atom. The van der Waals surface area contributed by atoms with Crippen molar-refractivity contribution in [2.75, 3.05) is 5.32 Å². The highest BCUT2D eigenvalue weighted by Gasteiger charge is 2.36. The summed E-state index contributed by atoms with van der Waals surface area (Å²) in [6.45, 7) is 4.69. The molecule has 6 aromatic carbocycles. The van der Waals surface area contributed by atoms with Gasteiger partial charge in [0.25, 0.3) is 0 Å². The van der Waals surface area contributed by atoms with Gasteiger partial charge in [0.05, 0.1) is 10.4 Å². The van der Waals surface area contributed by atoms with Crippen LogP contribution in [0, 0.1) is 0 Å². The number of hydrogen-bond acceptors (Lipinski definition) is 2. The fraction of sp³-hybridized carbons (Fsp3) is 0.0811. The highest BCUT2D eigenvalue weighted by molar-refractivity contribution is 7.27. The number of hydrogen-bond donors (Lipinski definition) is 1. The van der Waals surface area contributed by atoms with Crippen LogP contribution in [-0.2, 0) is 5.41 Å². The van der Waals surface area contributed by atoms with E-state index in [1.165, 1.54) is 64.3 Å². The van der Waals surface area contributed by atoms with E-state index in [0.717, 1.165) is 11.4 Å². The Morgan fingerprint density at radius 1 is 0.487 bits per heavy atom. The predicted molar refractivity (Wildman–Crippen MR) is 170 cm³/mol. The van der Waals surface area contributed by atoms with Gasteiger partial charge in [0, 0.05) is 32.1 Å². The lowest BCUT2D eigenvalue weighted by molar-refractivity contribution is 0.660. The third-order valence-corrected chi connectivity index (χ3v) is 9.77. The van der Waals surface area contributed by atoms with Crippen LogP contribution in [0.1, 0.15) is 25.0 Å². The first-order valence-electron chi connectivity index (χ1n) is 13.5. The van der Waals surface area contributed by atoms with Crippen LogP contribution in [0.4, 0.5) is 11.4 Å². The number of para-hydroxylation sites is 1. The van der Waals surface area contributed by atoms with Crippen LogP contribution in [0.15, 0.2) is 121 Å². The van der Waals surface area contributed by atoms with E-state index >= 15 is 0 Å². The van der Waals surface area contributed by atoms with Crippen LogP contribution in [-0.4, -0.2) is 0 Å². The SMILES string of the molecule is CC1(C)c2ccccc2-c2c(-c3ccccc3Nc3cccc4c3sc3c5ccccc5ccc43)cccc21. The number of fused-ring (bicyclic) bond motifs is 8. The predicted octanol–water partition coefficient (Wildman–Crippen LogP) is 10.9. The van der Waals surface area contributed by atoms with Crippen LogP contribution >= 0.6 is 11.3 Å². The van der Waals surface area contributed by atoms with Crippen LogP contribution in [0.25, 0.3) is 53.2 Å². The van der Waals surface area contributed by atoms with Gasteiger partial charge in [-0.25, -0.2) is 0 Å². The topological polar surface area (TPSA) is 12.0 Å². The molecule has 1 aliphatic rings. The highest BCUT2D eigenvalue weighted by atomic mass is 32.1. The summed E-state index contributed by atoms with van der Waals surface area (Å²) >= 11 is 1.89. The van der Waals surface area contributed by atoms with E-state index in [1.54, 1.807) is 0 Å². The normalized spacial score (nSPS) is 13.6. The van der Waals surface area contributed by atoms with Gasteiger partial charge < -0.3 is 5.32 Å². The van der Waals surface area contributed by atoms with Gasteiger partial charge in [-0.05, 0) is 50.7 Å². The zero-order valence-electron chi connectivity index (χ0n) is 22.0. The lowest BCUT2D eigenvalue weighted by Gasteiger charge is -2.22. The molecule has 0 bridgehead atoms. The molecule has 0 aliphatic heterocycles. The van der Waals surface area contributed by atoms with E-state index < -0.39 is 0 Å². The first-order valence-corrected chi connectivity index (χ1v) is 14.4. The van der Waals surface area contributed by atoms with Gasteiger partial charge in [0.2, 0.25) is 0 Å². The molecule has 0 saturated heterocycles. The molecule has 0 radical (unpaired) electrons. The molecule has 1 aromatic heterocycles. The van der Waals surface area contributed by atoms with E-state index in [1.807, 2.05) is 11.3 Å². The maximum atomic E-state index is 3.87. The molecule has 2 heteroatoms. The van der Waals surface area contributed by atoms with Crippen molar-refractivity contribution < 1.29 is 0 Å². The largest absolute Gasteiger partial charge is 0.354 e. The van der Waals surface area contributed by atoms with Crippen molar-refractivity contribution in [2.45, 2.75) is 19.3 Å². The fourth-order valence-electron chi connectivity index (χ4n) is 6.58. The quantitative estimate of drug-likeness (QED) is 0.246. The molecule has 186 valence electrons. The zero-order valence-corrected chi connectivity index (χ0v) is 22.8. The van der Waals surface area contributed by atoms with Crippen LogP contribution in [0.2, 0.25) is 0 Å². The Morgan fingerprint density at radius 3 is 2.05 bits per heavy atom. The molecule has 1 N–H and O–H groups in total. The summed E-state index contributed by atoms with van der Waals surface area (Å²) in [5, 5.41) is 9.11. The van der Waals surface area contributed by atoms with Gasteiger partial charge in [-0.1, -0.05) is 123 Å². The van der Waals surface area contributed by atoms with Crippen molar-refractivity contribution in [2.24, 2.45) is 0 Å². The van der Waals surface area contributed by atoms with Crippen LogP contribution in [0.5, 0.6) is 0 Å². The summed E-state index contributed by atoms with van der Waals surface area (Å²) in [6.07, 6.45) is 0. The van der Waals surface area contributed by atoms with E-state index in [0.29, 0.717) is 0 Å². The molecule has 1 nitrogen and oxygen atoms in total. The summed E-state index contributed by atoms with van der Waals surface area (Å²) in [5.74, 6) is 0. The summed E-state index contributed by atoms with van der Waals surface area (Å²) in [7, 11) is 0. The molecule has 1 aliphatic carbocycles. The van der Waals surface area contributed by atoms with E-state index in [4.69, 9.17) is 0 Å². The first-order chi connectivity index (χ1) is 19.1. The van der Waals surface area contributed by atoms with Crippen molar-refractivity contribution in [1.82, 2.24) is 0 Å². The average molecular weight is 518 g/mol. The molecule has 0 spiro atoms. The molecule has 0 atom stereocenters. The molecular formula is C37H27NS. The molecule has 7 aromatic rings. The van der Waals surface area contributed by atoms with Gasteiger partial charge in [-0.15, -0.1) is 11.3 Å². The van der Waals surface area contributed by atoms with Crippen LogP contribution in [0.3, 0.4) is 0 Å². The van der Waals surface area contributed by atoms with E-state index in [2.05, 4.69) is 140 Å². The average Bonchev–Trinajstić information content (AvgIpc) is 3.47. The van der Waals surface area contributed by atoms with Crippen molar-refractivity contribution >= 4 is 53.7 Å². The smallest absolute Gasteiger partial charge is 0.0590 e. The number of anilines is 2. The van der Waals surface area contributed by atoms with E-state index in [-0.39, 0.29) is 5.41 Å². The molecule has 0 amide bonds. The summed E-state index contributed by atoms with van der Waals surface area (Å²) in [6, 6.07) is 44.3. The van der Waals surface area contributed by atoms with Gasteiger partial charge in [0.1, 0.15) is 0 Å². The van der Waals surface area contributed by atoms with Crippen molar-refractivity contribution in [3.8, 4) is 22.3 Å². The monoisotopic (exact) mass is 517 g/mol. The maximum absolute atomic E-state index is 3.87. The molecule has 0 unspecified atom stereocenters.